The van der Waals surface area contributed by atoms with Crippen molar-refractivity contribution in [2.75, 3.05) is 33.1 Å². The van der Waals surface area contributed by atoms with Gasteiger partial charge in [0.25, 0.3) is 0 Å². The molecular formula is C23H29N5O5. The molecule has 2 N–H and O–H groups in total. The highest BCUT2D eigenvalue weighted by Gasteiger charge is 2.50. The van der Waals surface area contributed by atoms with E-state index in [1.54, 1.807) is 14.2 Å². The van der Waals surface area contributed by atoms with Crippen molar-refractivity contribution in [3.63, 3.8) is 0 Å². The van der Waals surface area contributed by atoms with Crippen LogP contribution in [0.3, 0.4) is 0 Å². The number of benzene rings is 1. The second-order valence-corrected chi connectivity index (χ2v) is 8.67. The van der Waals surface area contributed by atoms with Crippen molar-refractivity contribution in [1.29, 1.82) is 0 Å². The highest BCUT2D eigenvalue weighted by Crippen LogP contribution is 2.49. The van der Waals surface area contributed by atoms with E-state index in [0.29, 0.717) is 11.5 Å². The number of nitrogens with zero attached hydrogens (tertiary/aromatic N) is 3. The standard InChI is InChI=1S/C23H29N5O5/c1-27-12-10-23(15-6-7-18(32-2)19(13-15)33-3)9-8-16(14-20(23)27)25-22(29)26-21-17(28(30)31)5-4-11-24-21/h4-7,11,13,16,20H,8-10,12,14H2,1-3H3,(H2,24,25,26,29)/t16-,20+,23-/m0/s1. The van der Waals surface area contributed by atoms with E-state index < -0.39 is 11.0 Å². The van der Waals surface area contributed by atoms with Crippen LogP contribution in [-0.4, -0.2) is 60.7 Å². The number of pyridine rings is 1. The lowest BCUT2D eigenvalue weighted by Gasteiger charge is -2.45. The molecule has 33 heavy (non-hydrogen) atoms. The molecule has 176 valence electrons. The van der Waals surface area contributed by atoms with Crippen LogP contribution >= 0.6 is 0 Å². The van der Waals surface area contributed by atoms with Crippen LogP contribution in [0.1, 0.15) is 31.2 Å². The molecule has 3 atom stereocenters. The number of carbonyl (C=O) groups is 1. The molecule has 2 amide bonds. The summed E-state index contributed by atoms with van der Waals surface area (Å²) in [4.78, 5) is 29.5. The molecule has 1 aliphatic heterocycles. The Hall–Kier alpha value is -3.40. The van der Waals surface area contributed by atoms with Crippen molar-refractivity contribution in [2.45, 2.75) is 43.2 Å². The number of rotatable bonds is 6. The molecule has 1 aromatic carbocycles. The van der Waals surface area contributed by atoms with E-state index in [0.717, 1.165) is 32.2 Å². The van der Waals surface area contributed by atoms with Crippen molar-refractivity contribution in [3.05, 3.63) is 52.2 Å². The molecule has 1 aliphatic carbocycles. The summed E-state index contributed by atoms with van der Waals surface area (Å²) in [5.74, 6) is 1.36. The number of urea groups is 1. The summed E-state index contributed by atoms with van der Waals surface area (Å²) in [6.45, 7) is 0.970. The lowest BCUT2D eigenvalue weighted by molar-refractivity contribution is -0.384. The zero-order valence-electron chi connectivity index (χ0n) is 19.0. The maximum absolute atomic E-state index is 12.6. The average Bonchev–Trinajstić information content (AvgIpc) is 3.15. The van der Waals surface area contributed by atoms with E-state index in [2.05, 4.69) is 39.7 Å². The maximum atomic E-state index is 12.6. The second kappa shape index (κ2) is 9.22. The summed E-state index contributed by atoms with van der Waals surface area (Å²) >= 11 is 0. The fraction of sp³-hybridized carbons (Fsp3) is 0.478. The Kier molecular flexibility index (Phi) is 6.37. The number of carbonyl (C=O) groups excluding carboxylic acids is 1. The first-order valence-corrected chi connectivity index (χ1v) is 11.0. The quantitative estimate of drug-likeness (QED) is 0.507. The van der Waals surface area contributed by atoms with Crippen molar-refractivity contribution >= 4 is 17.5 Å². The summed E-state index contributed by atoms with van der Waals surface area (Å²) in [6.07, 6.45) is 4.93. The average molecular weight is 456 g/mol. The van der Waals surface area contributed by atoms with Crippen LogP contribution in [0.2, 0.25) is 0 Å². The number of likely N-dealkylation sites (N-methyl/N-ethyl adjacent to an activating group) is 1. The third-order valence-electron chi connectivity index (χ3n) is 7.04. The van der Waals surface area contributed by atoms with Crippen molar-refractivity contribution in [2.24, 2.45) is 0 Å². The number of likely N-dealkylation sites (tertiary alicyclic amines) is 1. The molecule has 2 heterocycles. The van der Waals surface area contributed by atoms with Gasteiger partial charge in [-0.1, -0.05) is 6.07 Å². The number of ether oxygens (including phenoxy) is 2. The van der Waals surface area contributed by atoms with Gasteiger partial charge in [-0.15, -0.1) is 0 Å². The molecule has 0 unspecified atom stereocenters. The summed E-state index contributed by atoms with van der Waals surface area (Å²) in [5.41, 5.74) is 0.962. The summed E-state index contributed by atoms with van der Waals surface area (Å²) in [5, 5.41) is 16.7. The summed E-state index contributed by atoms with van der Waals surface area (Å²) < 4.78 is 10.9. The first-order chi connectivity index (χ1) is 15.9. The van der Waals surface area contributed by atoms with Crippen molar-refractivity contribution < 1.29 is 19.2 Å². The smallest absolute Gasteiger partial charge is 0.320 e. The van der Waals surface area contributed by atoms with E-state index in [-0.39, 0.29) is 29.0 Å². The number of fused-ring (bicyclic) bond motifs is 1. The van der Waals surface area contributed by atoms with Gasteiger partial charge >= 0.3 is 11.7 Å². The minimum Gasteiger partial charge on any atom is -0.493 e. The Labute approximate surface area is 192 Å². The molecule has 2 aliphatic rings. The number of hydrogen-bond acceptors (Lipinski definition) is 7. The number of aromatic nitrogens is 1. The van der Waals surface area contributed by atoms with E-state index in [1.807, 2.05) is 6.07 Å². The van der Waals surface area contributed by atoms with E-state index in [1.165, 1.54) is 23.9 Å². The van der Waals surface area contributed by atoms with Crippen molar-refractivity contribution in [3.8, 4) is 11.5 Å². The van der Waals surface area contributed by atoms with Crippen LogP contribution in [-0.2, 0) is 5.41 Å². The first-order valence-electron chi connectivity index (χ1n) is 11.0. The van der Waals surface area contributed by atoms with Crippen LogP contribution < -0.4 is 20.1 Å². The molecule has 4 rings (SSSR count). The monoisotopic (exact) mass is 455 g/mol. The van der Waals surface area contributed by atoms with E-state index in [9.17, 15) is 14.9 Å². The Balaban J connectivity index is 1.49. The number of amides is 2. The third-order valence-corrected chi connectivity index (χ3v) is 7.04. The Bertz CT molecular complexity index is 1050. The van der Waals surface area contributed by atoms with Gasteiger partial charge in [-0.25, -0.2) is 9.78 Å². The number of nitrogens with one attached hydrogen (secondary N) is 2. The third kappa shape index (κ3) is 4.30. The predicted octanol–water partition coefficient (Wildman–Crippen LogP) is 3.32. The highest BCUT2D eigenvalue weighted by atomic mass is 16.6. The largest absolute Gasteiger partial charge is 0.493 e. The topological polar surface area (TPSA) is 119 Å². The van der Waals surface area contributed by atoms with Gasteiger partial charge in [-0.05, 0) is 63.0 Å². The maximum Gasteiger partial charge on any atom is 0.320 e. The minimum absolute atomic E-state index is 0.0251. The van der Waals surface area contributed by atoms with Gasteiger partial charge in [0.05, 0.1) is 19.1 Å². The molecule has 0 radical (unpaired) electrons. The number of anilines is 1. The van der Waals surface area contributed by atoms with Gasteiger partial charge < -0.3 is 19.7 Å². The van der Waals surface area contributed by atoms with E-state index >= 15 is 0 Å². The molecule has 2 fully saturated rings. The summed E-state index contributed by atoms with van der Waals surface area (Å²) in [7, 11) is 5.39. The Morgan fingerprint density at radius 3 is 2.76 bits per heavy atom. The zero-order valence-corrected chi connectivity index (χ0v) is 19.0. The van der Waals surface area contributed by atoms with Crippen LogP contribution in [0.25, 0.3) is 0 Å². The number of nitro groups is 1. The predicted molar refractivity (Wildman–Crippen MR) is 123 cm³/mol. The van der Waals surface area contributed by atoms with Crippen LogP contribution in [0.15, 0.2) is 36.5 Å². The normalized spacial score (nSPS) is 24.6. The molecule has 1 saturated carbocycles. The molecule has 10 heteroatoms. The first kappa shape index (κ1) is 22.8. The van der Waals surface area contributed by atoms with Gasteiger partial charge in [-0.3, -0.25) is 15.4 Å². The molecule has 0 bridgehead atoms. The summed E-state index contributed by atoms with van der Waals surface area (Å²) in [6, 6.07) is 8.64. The van der Waals surface area contributed by atoms with Crippen molar-refractivity contribution in [1.82, 2.24) is 15.2 Å². The molecule has 2 aromatic rings. The molecule has 1 aromatic heterocycles. The Morgan fingerprint density at radius 1 is 1.24 bits per heavy atom. The van der Waals surface area contributed by atoms with Gasteiger partial charge in [-0.2, -0.15) is 0 Å². The SMILES string of the molecule is COc1ccc([C@@]23CC[C@H](NC(=O)Nc4ncccc4[N+](=O)[O-])C[C@H]2N(C)CC3)cc1OC. The van der Waals surface area contributed by atoms with Gasteiger partial charge in [0.1, 0.15) is 0 Å². The van der Waals surface area contributed by atoms with Gasteiger partial charge in [0, 0.05) is 29.8 Å². The van der Waals surface area contributed by atoms with Crippen LogP contribution in [0.5, 0.6) is 11.5 Å². The highest BCUT2D eigenvalue weighted by molar-refractivity contribution is 5.90. The Morgan fingerprint density at radius 2 is 2.03 bits per heavy atom. The molecule has 0 spiro atoms. The lowest BCUT2D eigenvalue weighted by atomic mass is 9.65. The number of hydrogen-bond donors (Lipinski definition) is 2. The fourth-order valence-corrected chi connectivity index (χ4v) is 5.36. The minimum atomic E-state index is -0.561. The van der Waals surface area contributed by atoms with Crippen LogP contribution in [0, 0.1) is 10.1 Å². The fourth-order valence-electron chi connectivity index (χ4n) is 5.36. The van der Waals surface area contributed by atoms with Gasteiger partial charge in [0.2, 0.25) is 5.82 Å². The lowest BCUT2D eigenvalue weighted by Crippen LogP contribution is -2.52. The van der Waals surface area contributed by atoms with E-state index in [4.69, 9.17) is 9.47 Å². The van der Waals surface area contributed by atoms with Gasteiger partial charge in [0.15, 0.2) is 11.5 Å². The molecular weight excluding hydrogens is 426 g/mol. The zero-order chi connectivity index (χ0) is 23.6. The molecule has 1 saturated heterocycles. The number of methoxy groups -OCH3 is 2. The second-order valence-electron chi connectivity index (χ2n) is 8.67. The molecule has 10 nitrogen and oxygen atoms in total. The van der Waals surface area contributed by atoms with Crippen LogP contribution in [0.4, 0.5) is 16.3 Å².